The van der Waals surface area contributed by atoms with Crippen molar-refractivity contribution < 1.29 is 9.18 Å². The summed E-state index contributed by atoms with van der Waals surface area (Å²) < 4.78 is 13.8. The Labute approximate surface area is 106 Å². The van der Waals surface area contributed by atoms with E-state index in [2.05, 4.69) is 5.32 Å². The van der Waals surface area contributed by atoms with Crippen LogP contribution in [-0.2, 0) is 10.2 Å². The largest absolute Gasteiger partial charge is 0.369 e. The average molecular weight is 259 g/mol. The Kier molecular flexibility index (Phi) is 4.48. The fourth-order valence-electron chi connectivity index (χ4n) is 2.35. The number of hydrogen-bond donors (Lipinski definition) is 2. The van der Waals surface area contributed by atoms with Crippen LogP contribution in [0.4, 0.5) is 4.39 Å². The SMILES string of the molecule is Cl.NC(=O)C1(c2ccccc2F)CCNCC1. The first-order chi connectivity index (χ1) is 7.67. The molecule has 0 saturated carbocycles. The van der Waals surface area contributed by atoms with Gasteiger partial charge in [-0.25, -0.2) is 4.39 Å². The lowest BCUT2D eigenvalue weighted by Crippen LogP contribution is -2.49. The van der Waals surface area contributed by atoms with Gasteiger partial charge in [0.1, 0.15) is 5.82 Å². The molecule has 1 saturated heterocycles. The van der Waals surface area contributed by atoms with Crippen molar-refractivity contribution in [1.29, 1.82) is 0 Å². The van der Waals surface area contributed by atoms with Gasteiger partial charge in [-0.1, -0.05) is 18.2 Å². The molecule has 0 bridgehead atoms. The van der Waals surface area contributed by atoms with Crippen molar-refractivity contribution in [1.82, 2.24) is 5.32 Å². The maximum atomic E-state index is 13.8. The van der Waals surface area contributed by atoms with Crippen molar-refractivity contribution in [2.24, 2.45) is 5.73 Å². The van der Waals surface area contributed by atoms with Gasteiger partial charge < -0.3 is 11.1 Å². The predicted octanol–water partition coefficient (Wildman–Crippen LogP) is 1.35. The Bertz CT molecular complexity index is 405. The van der Waals surface area contributed by atoms with E-state index in [9.17, 15) is 9.18 Å². The number of amides is 1. The molecule has 1 heterocycles. The van der Waals surface area contributed by atoms with Crippen LogP contribution in [0.2, 0.25) is 0 Å². The summed E-state index contributed by atoms with van der Waals surface area (Å²) in [7, 11) is 0. The molecule has 3 nitrogen and oxygen atoms in total. The minimum Gasteiger partial charge on any atom is -0.369 e. The molecule has 2 rings (SSSR count). The van der Waals surface area contributed by atoms with Crippen LogP contribution in [0.3, 0.4) is 0 Å². The second kappa shape index (κ2) is 5.47. The summed E-state index contributed by atoms with van der Waals surface area (Å²) in [4.78, 5) is 11.7. The van der Waals surface area contributed by atoms with Crippen LogP contribution in [0.15, 0.2) is 24.3 Å². The summed E-state index contributed by atoms with van der Waals surface area (Å²) in [6.07, 6.45) is 1.12. The number of hydrogen-bond acceptors (Lipinski definition) is 2. The highest BCUT2D eigenvalue weighted by Gasteiger charge is 2.41. The predicted molar refractivity (Wildman–Crippen MR) is 66.6 cm³/mol. The topological polar surface area (TPSA) is 55.1 Å². The highest BCUT2D eigenvalue weighted by atomic mass is 35.5. The zero-order valence-electron chi connectivity index (χ0n) is 9.41. The maximum Gasteiger partial charge on any atom is 0.228 e. The van der Waals surface area contributed by atoms with Crippen molar-refractivity contribution in [2.75, 3.05) is 13.1 Å². The molecule has 0 atom stereocenters. The molecule has 0 unspecified atom stereocenters. The van der Waals surface area contributed by atoms with Crippen LogP contribution in [0.1, 0.15) is 18.4 Å². The minimum atomic E-state index is -0.837. The van der Waals surface area contributed by atoms with Gasteiger partial charge in [-0.3, -0.25) is 4.79 Å². The van der Waals surface area contributed by atoms with Gasteiger partial charge in [0.25, 0.3) is 0 Å². The van der Waals surface area contributed by atoms with Gasteiger partial charge in [-0.05, 0) is 32.0 Å². The lowest BCUT2D eigenvalue weighted by atomic mass is 9.72. The van der Waals surface area contributed by atoms with Crippen LogP contribution >= 0.6 is 12.4 Å². The normalized spacial score (nSPS) is 18.2. The van der Waals surface area contributed by atoms with Gasteiger partial charge in [0, 0.05) is 5.56 Å². The van der Waals surface area contributed by atoms with Crippen molar-refractivity contribution in [3.63, 3.8) is 0 Å². The van der Waals surface area contributed by atoms with E-state index in [4.69, 9.17) is 5.73 Å². The lowest BCUT2D eigenvalue weighted by molar-refractivity contribution is -0.124. The zero-order chi connectivity index (χ0) is 11.6. The molecule has 1 aliphatic rings. The first-order valence-corrected chi connectivity index (χ1v) is 5.42. The highest BCUT2D eigenvalue weighted by molar-refractivity contribution is 5.87. The van der Waals surface area contributed by atoms with E-state index >= 15 is 0 Å². The first-order valence-electron chi connectivity index (χ1n) is 5.42. The molecule has 3 N–H and O–H groups in total. The Morgan fingerprint density at radius 2 is 1.88 bits per heavy atom. The molecule has 1 amide bonds. The van der Waals surface area contributed by atoms with E-state index in [-0.39, 0.29) is 18.2 Å². The molecule has 1 aromatic carbocycles. The Morgan fingerprint density at radius 1 is 1.29 bits per heavy atom. The molecule has 0 spiro atoms. The average Bonchev–Trinajstić information content (AvgIpc) is 2.30. The number of nitrogens with two attached hydrogens (primary N) is 1. The molecule has 5 heteroatoms. The minimum absolute atomic E-state index is 0. The molecule has 1 aliphatic heterocycles. The third kappa shape index (κ3) is 2.42. The fourth-order valence-corrected chi connectivity index (χ4v) is 2.35. The van der Waals surface area contributed by atoms with Gasteiger partial charge in [0.15, 0.2) is 0 Å². The summed E-state index contributed by atoms with van der Waals surface area (Å²) in [5, 5.41) is 3.15. The third-order valence-corrected chi connectivity index (χ3v) is 3.32. The summed E-state index contributed by atoms with van der Waals surface area (Å²) in [6.45, 7) is 1.38. The number of nitrogens with one attached hydrogen (secondary N) is 1. The smallest absolute Gasteiger partial charge is 0.228 e. The van der Waals surface area contributed by atoms with E-state index in [1.807, 2.05) is 0 Å². The number of rotatable bonds is 2. The molecule has 1 aromatic rings. The Morgan fingerprint density at radius 3 is 2.41 bits per heavy atom. The molecule has 0 aliphatic carbocycles. The standard InChI is InChI=1S/C12H15FN2O.ClH/c13-10-4-2-1-3-9(10)12(11(14)16)5-7-15-8-6-12;/h1-4,15H,5-8H2,(H2,14,16);1H. The van der Waals surface area contributed by atoms with Crippen molar-refractivity contribution in [3.05, 3.63) is 35.6 Å². The summed E-state index contributed by atoms with van der Waals surface area (Å²) in [5.74, 6) is -0.776. The number of carbonyl (C=O) groups excluding carboxylic acids is 1. The van der Waals surface area contributed by atoms with Gasteiger partial charge in [0.2, 0.25) is 5.91 Å². The Hall–Kier alpha value is -1.13. The second-order valence-corrected chi connectivity index (χ2v) is 4.18. The number of halogens is 2. The number of benzene rings is 1. The molecule has 0 aromatic heterocycles. The molecule has 17 heavy (non-hydrogen) atoms. The molecular formula is C12H16ClFN2O. The highest BCUT2D eigenvalue weighted by Crippen LogP contribution is 2.34. The molecular weight excluding hydrogens is 243 g/mol. The Balaban J connectivity index is 0.00000144. The van der Waals surface area contributed by atoms with Crippen LogP contribution in [-0.4, -0.2) is 19.0 Å². The lowest BCUT2D eigenvalue weighted by Gasteiger charge is -2.35. The van der Waals surface area contributed by atoms with Crippen LogP contribution in [0.25, 0.3) is 0 Å². The van der Waals surface area contributed by atoms with Gasteiger partial charge >= 0.3 is 0 Å². The van der Waals surface area contributed by atoms with E-state index in [0.717, 1.165) is 0 Å². The molecule has 94 valence electrons. The van der Waals surface area contributed by atoms with Crippen molar-refractivity contribution in [2.45, 2.75) is 18.3 Å². The first kappa shape index (κ1) is 13.9. The second-order valence-electron chi connectivity index (χ2n) is 4.18. The number of primary amides is 1. The number of piperidine rings is 1. The zero-order valence-corrected chi connectivity index (χ0v) is 10.2. The van der Waals surface area contributed by atoms with Crippen molar-refractivity contribution >= 4 is 18.3 Å². The maximum absolute atomic E-state index is 13.8. The summed E-state index contributed by atoms with van der Waals surface area (Å²) >= 11 is 0. The summed E-state index contributed by atoms with van der Waals surface area (Å²) in [6, 6.07) is 6.40. The van der Waals surface area contributed by atoms with Crippen LogP contribution in [0.5, 0.6) is 0 Å². The molecule has 0 radical (unpaired) electrons. The van der Waals surface area contributed by atoms with Gasteiger partial charge in [-0.2, -0.15) is 0 Å². The monoisotopic (exact) mass is 258 g/mol. The van der Waals surface area contributed by atoms with E-state index < -0.39 is 11.3 Å². The van der Waals surface area contributed by atoms with Gasteiger partial charge in [0.05, 0.1) is 5.41 Å². The third-order valence-electron chi connectivity index (χ3n) is 3.32. The van der Waals surface area contributed by atoms with E-state index in [1.54, 1.807) is 18.2 Å². The summed E-state index contributed by atoms with van der Waals surface area (Å²) in [5.41, 5.74) is 5.07. The van der Waals surface area contributed by atoms with E-state index in [1.165, 1.54) is 6.07 Å². The number of carbonyl (C=O) groups is 1. The van der Waals surface area contributed by atoms with Crippen LogP contribution < -0.4 is 11.1 Å². The molecule has 1 fully saturated rings. The van der Waals surface area contributed by atoms with E-state index in [0.29, 0.717) is 31.5 Å². The van der Waals surface area contributed by atoms with Gasteiger partial charge in [-0.15, -0.1) is 12.4 Å². The fraction of sp³-hybridized carbons (Fsp3) is 0.417. The van der Waals surface area contributed by atoms with Crippen molar-refractivity contribution in [3.8, 4) is 0 Å². The van der Waals surface area contributed by atoms with Crippen LogP contribution in [0, 0.1) is 5.82 Å². The quantitative estimate of drug-likeness (QED) is 0.842.